The molecular weight excluding hydrogens is 370 g/mol. The first-order chi connectivity index (χ1) is 10.4. The molecule has 0 bridgehead atoms. The first kappa shape index (κ1) is 16.8. The van der Waals surface area contributed by atoms with E-state index in [-0.39, 0.29) is 5.91 Å². The highest BCUT2D eigenvalue weighted by Crippen LogP contribution is 2.28. The molecule has 0 saturated heterocycles. The lowest BCUT2D eigenvalue weighted by atomic mass is 10.3. The minimum Gasteiger partial charge on any atom is -0.480 e. The lowest BCUT2D eigenvalue weighted by molar-refractivity contribution is -0.137. The molecule has 0 aliphatic carbocycles. The molecule has 2 aromatic rings. The van der Waals surface area contributed by atoms with E-state index < -0.39 is 6.10 Å². The number of amides is 1. The summed E-state index contributed by atoms with van der Waals surface area (Å²) >= 11 is 9.26. The Morgan fingerprint density at radius 3 is 2.86 bits per heavy atom. The summed E-state index contributed by atoms with van der Waals surface area (Å²) in [7, 11) is 3.58. The maximum absolute atomic E-state index is 12.4. The summed E-state index contributed by atoms with van der Waals surface area (Å²) in [4.78, 5) is 14.0. The van der Waals surface area contributed by atoms with Gasteiger partial charge in [-0.05, 0) is 41.1 Å². The van der Waals surface area contributed by atoms with Gasteiger partial charge < -0.3 is 9.64 Å². The monoisotopic (exact) mass is 385 g/mol. The fraction of sp³-hybridized carbons (Fsp3) is 0.333. The van der Waals surface area contributed by atoms with Crippen molar-refractivity contribution in [3.05, 3.63) is 45.7 Å². The summed E-state index contributed by atoms with van der Waals surface area (Å²) in [5, 5.41) is 4.69. The lowest BCUT2D eigenvalue weighted by Gasteiger charge is -2.22. The fourth-order valence-electron chi connectivity index (χ4n) is 2.03. The molecule has 1 aromatic carbocycles. The number of benzene rings is 1. The number of nitrogens with zero attached hydrogens (tertiary/aromatic N) is 3. The molecule has 118 valence electrons. The van der Waals surface area contributed by atoms with Gasteiger partial charge >= 0.3 is 0 Å². The minimum atomic E-state index is -0.598. The SMILES string of the molecule is CC(Oc1ccc(Cl)cc1Br)C(=O)N(C)Cc1cnn(C)c1. The number of rotatable bonds is 5. The van der Waals surface area contributed by atoms with Crippen LogP contribution in [0.15, 0.2) is 35.1 Å². The normalized spacial score (nSPS) is 12.0. The van der Waals surface area contributed by atoms with E-state index in [9.17, 15) is 4.79 Å². The maximum Gasteiger partial charge on any atom is 0.263 e. The number of carbonyl (C=O) groups excluding carboxylic acids is 1. The van der Waals surface area contributed by atoms with Crippen LogP contribution in [0.5, 0.6) is 5.75 Å². The van der Waals surface area contributed by atoms with Gasteiger partial charge in [0.2, 0.25) is 0 Å². The van der Waals surface area contributed by atoms with Crippen molar-refractivity contribution in [1.82, 2.24) is 14.7 Å². The van der Waals surface area contributed by atoms with E-state index in [1.807, 2.05) is 13.2 Å². The minimum absolute atomic E-state index is 0.106. The van der Waals surface area contributed by atoms with Gasteiger partial charge in [-0.15, -0.1) is 0 Å². The third-order valence-corrected chi connectivity index (χ3v) is 3.95. The van der Waals surface area contributed by atoms with E-state index >= 15 is 0 Å². The number of hydrogen-bond donors (Lipinski definition) is 0. The fourth-order valence-corrected chi connectivity index (χ4v) is 2.80. The Morgan fingerprint density at radius 1 is 1.55 bits per heavy atom. The first-order valence-electron chi connectivity index (χ1n) is 6.71. The Morgan fingerprint density at radius 2 is 2.27 bits per heavy atom. The van der Waals surface area contributed by atoms with Crippen molar-refractivity contribution in [2.24, 2.45) is 7.05 Å². The second-order valence-electron chi connectivity index (χ2n) is 5.05. The van der Waals surface area contributed by atoms with Crippen LogP contribution in [0.25, 0.3) is 0 Å². The third kappa shape index (κ3) is 4.24. The van der Waals surface area contributed by atoms with Gasteiger partial charge in [-0.3, -0.25) is 9.48 Å². The number of hydrogen-bond acceptors (Lipinski definition) is 3. The van der Waals surface area contributed by atoms with Gasteiger partial charge in [0.05, 0.1) is 10.7 Å². The molecule has 2 rings (SSSR count). The Bertz CT molecular complexity index is 675. The van der Waals surface area contributed by atoms with Crippen LogP contribution in [0.4, 0.5) is 0 Å². The molecule has 0 fully saturated rings. The molecule has 7 heteroatoms. The van der Waals surface area contributed by atoms with Crippen molar-refractivity contribution in [2.45, 2.75) is 19.6 Å². The van der Waals surface area contributed by atoms with Crippen molar-refractivity contribution in [2.75, 3.05) is 7.05 Å². The van der Waals surface area contributed by atoms with Crippen LogP contribution in [0.3, 0.4) is 0 Å². The van der Waals surface area contributed by atoms with Gasteiger partial charge in [-0.25, -0.2) is 0 Å². The molecule has 0 saturated carbocycles. The van der Waals surface area contributed by atoms with Crippen LogP contribution in [0.1, 0.15) is 12.5 Å². The Balaban J connectivity index is 1.98. The molecule has 0 radical (unpaired) electrons. The number of carbonyl (C=O) groups is 1. The zero-order valence-corrected chi connectivity index (χ0v) is 14.9. The molecule has 22 heavy (non-hydrogen) atoms. The van der Waals surface area contributed by atoms with Gasteiger partial charge in [-0.1, -0.05) is 11.6 Å². The van der Waals surface area contributed by atoms with Crippen molar-refractivity contribution in [3.8, 4) is 5.75 Å². The van der Waals surface area contributed by atoms with Crippen molar-refractivity contribution in [3.63, 3.8) is 0 Å². The van der Waals surface area contributed by atoms with Crippen LogP contribution in [-0.4, -0.2) is 33.7 Å². The van der Waals surface area contributed by atoms with Crippen LogP contribution in [0, 0.1) is 0 Å². The molecule has 1 atom stereocenters. The van der Waals surface area contributed by atoms with E-state index in [4.69, 9.17) is 16.3 Å². The van der Waals surface area contributed by atoms with E-state index in [0.29, 0.717) is 17.3 Å². The second kappa shape index (κ2) is 7.15. The molecule has 0 aliphatic heterocycles. The van der Waals surface area contributed by atoms with Gasteiger partial charge in [-0.2, -0.15) is 5.10 Å². The Kier molecular flexibility index (Phi) is 5.47. The molecular formula is C15H17BrClN3O2. The van der Waals surface area contributed by atoms with Crippen molar-refractivity contribution >= 4 is 33.4 Å². The van der Waals surface area contributed by atoms with Crippen LogP contribution >= 0.6 is 27.5 Å². The summed E-state index contributed by atoms with van der Waals surface area (Å²) < 4.78 is 8.13. The molecule has 0 aliphatic rings. The molecule has 0 spiro atoms. The summed E-state index contributed by atoms with van der Waals surface area (Å²) in [6.45, 7) is 2.21. The van der Waals surface area contributed by atoms with Crippen LogP contribution < -0.4 is 4.74 Å². The average molecular weight is 387 g/mol. The number of halogens is 2. The largest absolute Gasteiger partial charge is 0.480 e. The average Bonchev–Trinajstić information content (AvgIpc) is 2.86. The topological polar surface area (TPSA) is 47.4 Å². The zero-order chi connectivity index (χ0) is 16.3. The predicted octanol–water partition coefficient (Wildman–Crippen LogP) is 3.26. The quantitative estimate of drug-likeness (QED) is 0.792. The summed E-state index contributed by atoms with van der Waals surface area (Å²) in [6, 6.07) is 5.18. The van der Waals surface area contributed by atoms with Crippen LogP contribution in [0.2, 0.25) is 5.02 Å². The molecule has 1 unspecified atom stereocenters. The third-order valence-electron chi connectivity index (χ3n) is 3.10. The number of likely N-dealkylation sites (N-methyl/N-ethyl adjacent to an activating group) is 1. The number of aryl methyl sites for hydroxylation is 1. The number of ether oxygens (including phenoxy) is 1. The molecule has 1 aromatic heterocycles. The molecule has 5 nitrogen and oxygen atoms in total. The Hall–Kier alpha value is -1.53. The van der Waals surface area contributed by atoms with E-state index in [1.54, 1.807) is 47.9 Å². The van der Waals surface area contributed by atoms with Crippen molar-refractivity contribution in [1.29, 1.82) is 0 Å². The predicted molar refractivity (Wildman–Crippen MR) is 88.9 cm³/mol. The maximum atomic E-state index is 12.4. The lowest BCUT2D eigenvalue weighted by Crippen LogP contribution is -2.37. The van der Waals surface area contributed by atoms with Crippen LogP contribution in [-0.2, 0) is 18.4 Å². The molecule has 0 N–H and O–H groups in total. The van der Waals surface area contributed by atoms with Gasteiger partial charge in [0.25, 0.3) is 5.91 Å². The van der Waals surface area contributed by atoms with E-state index in [1.165, 1.54) is 0 Å². The molecule has 1 heterocycles. The second-order valence-corrected chi connectivity index (χ2v) is 6.34. The van der Waals surface area contributed by atoms with Gasteiger partial charge in [0.1, 0.15) is 5.75 Å². The highest BCUT2D eigenvalue weighted by molar-refractivity contribution is 9.10. The highest BCUT2D eigenvalue weighted by Gasteiger charge is 2.20. The summed E-state index contributed by atoms with van der Waals surface area (Å²) in [6.07, 6.45) is 3.02. The van der Waals surface area contributed by atoms with Gasteiger partial charge in [0.15, 0.2) is 6.10 Å². The summed E-state index contributed by atoms with van der Waals surface area (Å²) in [5.41, 5.74) is 0.971. The van der Waals surface area contributed by atoms with E-state index in [2.05, 4.69) is 21.0 Å². The van der Waals surface area contributed by atoms with E-state index in [0.717, 1.165) is 10.0 Å². The zero-order valence-electron chi connectivity index (χ0n) is 12.6. The number of aromatic nitrogens is 2. The smallest absolute Gasteiger partial charge is 0.263 e. The van der Waals surface area contributed by atoms with Gasteiger partial charge in [0, 0.05) is 37.4 Å². The first-order valence-corrected chi connectivity index (χ1v) is 7.88. The highest BCUT2D eigenvalue weighted by atomic mass is 79.9. The molecule has 1 amide bonds. The summed E-state index contributed by atoms with van der Waals surface area (Å²) in [5.74, 6) is 0.478. The standard InChI is InChI=1S/C15H17BrClN3O2/c1-10(22-14-5-4-12(17)6-13(14)16)15(21)19(2)8-11-7-18-20(3)9-11/h4-7,9-10H,8H2,1-3H3. The Labute approximate surface area is 142 Å². The van der Waals surface area contributed by atoms with Crippen molar-refractivity contribution < 1.29 is 9.53 Å².